The topological polar surface area (TPSA) is 38.0 Å². The molecule has 0 saturated carbocycles. The summed E-state index contributed by atoms with van der Waals surface area (Å²) in [7, 11) is 0. The molecule has 1 atom stereocenters. The first-order chi connectivity index (χ1) is 10.2. The van der Waals surface area contributed by atoms with Gasteiger partial charge in [-0.2, -0.15) is 0 Å². The van der Waals surface area contributed by atoms with Gasteiger partial charge in [-0.15, -0.1) is 0 Å². The van der Waals surface area contributed by atoms with Crippen LogP contribution in [0.3, 0.4) is 0 Å². The van der Waals surface area contributed by atoms with E-state index in [9.17, 15) is 0 Å². The van der Waals surface area contributed by atoms with Crippen LogP contribution in [-0.2, 0) is 6.54 Å². The van der Waals surface area contributed by atoms with E-state index < -0.39 is 0 Å². The van der Waals surface area contributed by atoms with E-state index in [1.807, 2.05) is 18.2 Å². The Kier molecular flexibility index (Phi) is 3.89. The van der Waals surface area contributed by atoms with Crippen molar-refractivity contribution in [1.82, 2.24) is 5.32 Å². The van der Waals surface area contributed by atoms with Crippen LogP contribution in [0.2, 0.25) is 0 Å². The molecule has 0 spiro atoms. The van der Waals surface area contributed by atoms with Gasteiger partial charge in [0.25, 0.3) is 0 Å². The van der Waals surface area contributed by atoms with Crippen LogP contribution in [0.25, 0.3) is 10.8 Å². The molecule has 3 N–H and O–H groups in total. The maximum atomic E-state index is 5.82. The molecule has 3 aromatic carbocycles. The SMILES string of the molecule is C[C@@H](NCc1cccc(N)c1)c1cccc2ccccc12. The molecule has 2 heteroatoms. The number of benzene rings is 3. The van der Waals surface area contributed by atoms with Crippen molar-refractivity contribution in [3.63, 3.8) is 0 Å². The van der Waals surface area contributed by atoms with Gasteiger partial charge >= 0.3 is 0 Å². The normalized spacial score (nSPS) is 12.4. The van der Waals surface area contributed by atoms with Crippen LogP contribution in [-0.4, -0.2) is 0 Å². The average molecular weight is 276 g/mol. The third-order valence-corrected chi connectivity index (χ3v) is 3.85. The molecule has 0 aromatic heterocycles. The van der Waals surface area contributed by atoms with Gasteiger partial charge in [-0.05, 0) is 41.0 Å². The Balaban J connectivity index is 1.79. The minimum Gasteiger partial charge on any atom is -0.399 e. The molecule has 0 aliphatic rings. The lowest BCUT2D eigenvalue weighted by Crippen LogP contribution is -2.18. The molecule has 0 amide bonds. The van der Waals surface area contributed by atoms with Gasteiger partial charge in [0.15, 0.2) is 0 Å². The van der Waals surface area contributed by atoms with Gasteiger partial charge in [-0.25, -0.2) is 0 Å². The molecule has 0 aliphatic carbocycles. The van der Waals surface area contributed by atoms with Crippen molar-refractivity contribution in [1.29, 1.82) is 0 Å². The average Bonchev–Trinajstić information content (AvgIpc) is 2.52. The summed E-state index contributed by atoms with van der Waals surface area (Å²) >= 11 is 0. The predicted octanol–water partition coefficient (Wildman–Crippen LogP) is 4.27. The van der Waals surface area contributed by atoms with Crippen molar-refractivity contribution in [3.05, 3.63) is 77.9 Å². The fourth-order valence-electron chi connectivity index (χ4n) is 2.71. The zero-order valence-electron chi connectivity index (χ0n) is 12.2. The van der Waals surface area contributed by atoms with Crippen molar-refractivity contribution in [2.45, 2.75) is 19.5 Å². The van der Waals surface area contributed by atoms with Crippen LogP contribution in [0.5, 0.6) is 0 Å². The predicted molar refractivity (Wildman–Crippen MR) is 90.1 cm³/mol. The van der Waals surface area contributed by atoms with Crippen LogP contribution in [0.1, 0.15) is 24.1 Å². The lowest BCUT2D eigenvalue weighted by molar-refractivity contribution is 0.578. The molecule has 0 fully saturated rings. The monoisotopic (exact) mass is 276 g/mol. The Morgan fingerprint density at radius 2 is 1.71 bits per heavy atom. The highest BCUT2D eigenvalue weighted by Gasteiger charge is 2.08. The van der Waals surface area contributed by atoms with Crippen molar-refractivity contribution < 1.29 is 0 Å². The molecule has 0 unspecified atom stereocenters. The largest absolute Gasteiger partial charge is 0.399 e. The molecule has 106 valence electrons. The minimum absolute atomic E-state index is 0.289. The Labute approximate surface area is 125 Å². The third kappa shape index (κ3) is 3.06. The van der Waals surface area contributed by atoms with Gasteiger partial charge in [0.05, 0.1) is 0 Å². The number of anilines is 1. The number of nitrogen functional groups attached to an aromatic ring is 1. The molecule has 0 bridgehead atoms. The summed E-state index contributed by atoms with van der Waals surface area (Å²) < 4.78 is 0. The van der Waals surface area contributed by atoms with Crippen molar-refractivity contribution in [2.24, 2.45) is 0 Å². The first-order valence-corrected chi connectivity index (χ1v) is 7.29. The molecule has 3 rings (SSSR count). The molecule has 2 nitrogen and oxygen atoms in total. The summed E-state index contributed by atoms with van der Waals surface area (Å²) in [5.41, 5.74) is 9.18. The summed E-state index contributed by atoms with van der Waals surface area (Å²) in [5.74, 6) is 0. The van der Waals surface area contributed by atoms with Crippen molar-refractivity contribution in [3.8, 4) is 0 Å². The minimum atomic E-state index is 0.289. The van der Waals surface area contributed by atoms with Crippen LogP contribution in [0.4, 0.5) is 5.69 Å². The Morgan fingerprint density at radius 1 is 0.952 bits per heavy atom. The number of fused-ring (bicyclic) bond motifs is 1. The molecule has 3 aromatic rings. The molecular weight excluding hydrogens is 256 g/mol. The van der Waals surface area contributed by atoms with Crippen molar-refractivity contribution in [2.75, 3.05) is 5.73 Å². The van der Waals surface area contributed by atoms with E-state index in [1.54, 1.807) is 0 Å². The van der Waals surface area contributed by atoms with Gasteiger partial charge in [-0.1, -0.05) is 54.6 Å². The number of nitrogens with two attached hydrogens (primary N) is 1. The number of hydrogen-bond acceptors (Lipinski definition) is 2. The molecule has 0 aliphatic heterocycles. The zero-order chi connectivity index (χ0) is 14.7. The van der Waals surface area contributed by atoms with Gasteiger partial charge in [0.2, 0.25) is 0 Å². The summed E-state index contributed by atoms with van der Waals surface area (Å²) in [6.45, 7) is 3.02. The number of rotatable bonds is 4. The fourth-order valence-corrected chi connectivity index (χ4v) is 2.71. The highest BCUT2D eigenvalue weighted by molar-refractivity contribution is 5.86. The Hall–Kier alpha value is -2.32. The highest BCUT2D eigenvalue weighted by atomic mass is 14.9. The van der Waals surface area contributed by atoms with Gasteiger partial charge < -0.3 is 11.1 Å². The summed E-state index contributed by atoms with van der Waals surface area (Å²) in [6, 6.07) is 23.3. The second-order valence-corrected chi connectivity index (χ2v) is 5.42. The van der Waals surface area contributed by atoms with Gasteiger partial charge in [0, 0.05) is 18.3 Å². The Bertz CT molecular complexity index is 744. The highest BCUT2D eigenvalue weighted by Crippen LogP contribution is 2.24. The van der Waals surface area contributed by atoms with E-state index in [4.69, 9.17) is 5.73 Å². The third-order valence-electron chi connectivity index (χ3n) is 3.85. The fraction of sp³-hybridized carbons (Fsp3) is 0.158. The smallest absolute Gasteiger partial charge is 0.0317 e. The quantitative estimate of drug-likeness (QED) is 0.698. The summed E-state index contributed by atoms with van der Waals surface area (Å²) in [5, 5.41) is 6.18. The van der Waals surface area contributed by atoms with Crippen LogP contribution >= 0.6 is 0 Å². The van der Waals surface area contributed by atoms with E-state index in [1.165, 1.54) is 21.9 Å². The summed E-state index contributed by atoms with van der Waals surface area (Å²) in [4.78, 5) is 0. The van der Waals surface area contributed by atoms with Crippen LogP contribution < -0.4 is 11.1 Å². The van der Waals surface area contributed by atoms with Crippen LogP contribution in [0.15, 0.2) is 66.7 Å². The molecule has 0 heterocycles. The van der Waals surface area contributed by atoms with Crippen LogP contribution in [0, 0.1) is 0 Å². The molecule has 0 radical (unpaired) electrons. The lowest BCUT2D eigenvalue weighted by Gasteiger charge is -2.17. The van der Waals surface area contributed by atoms with E-state index in [2.05, 4.69) is 60.8 Å². The molecule has 0 saturated heterocycles. The maximum Gasteiger partial charge on any atom is 0.0317 e. The van der Waals surface area contributed by atoms with E-state index in [0.29, 0.717) is 0 Å². The molecule has 21 heavy (non-hydrogen) atoms. The standard InChI is InChI=1S/C19H20N2/c1-14(21-13-15-6-4-9-17(20)12-15)18-11-5-8-16-7-2-3-10-19(16)18/h2-12,14,21H,13,20H2,1H3/t14-/m1/s1. The number of hydrogen-bond donors (Lipinski definition) is 2. The first kappa shape index (κ1) is 13.7. The second kappa shape index (κ2) is 5.98. The van der Waals surface area contributed by atoms with Gasteiger partial charge in [0.1, 0.15) is 0 Å². The molecular formula is C19H20N2. The van der Waals surface area contributed by atoms with Crippen molar-refractivity contribution >= 4 is 16.5 Å². The number of nitrogens with one attached hydrogen (secondary N) is 1. The van der Waals surface area contributed by atoms with Gasteiger partial charge in [-0.3, -0.25) is 0 Å². The Morgan fingerprint density at radius 3 is 2.57 bits per heavy atom. The first-order valence-electron chi connectivity index (χ1n) is 7.29. The summed E-state index contributed by atoms with van der Waals surface area (Å²) in [6.07, 6.45) is 0. The van der Waals surface area contributed by atoms with E-state index in [0.717, 1.165) is 12.2 Å². The van der Waals surface area contributed by atoms with E-state index >= 15 is 0 Å². The maximum absolute atomic E-state index is 5.82. The zero-order valence-corrected chi connectivity index (χ0v) is 12.2. The van der Waals surface area contributed by atoms with E-state index in [-0.39, 0.29) is 6.04 Å². The lowest BCUT2D eigenvalue weighted by atomic mass is 9.99. The second-order valence-electron chi connectivity index (χ2n) is 5.42.